The standard InChI is InChI=1S/C17H19ClN4O5/c1-10-17(22(25)26)11(2)21(20-10)9-15(23)19-14(8-16(24)27-3)12-6-4-5-7-13(12)18/h4-7,14H,8-9H2,1-3H3,(H,19,23)/t14-/m1/s1. The minimum absolute atomic E-state index is 0.108. The number of esters is 1. The Morgan fingerprint density at radius 3 is 2.59 bits per heavy atom. The number of rotatable bonds is 7. The first-order chi connectivity index (χ1) is 12.7. The summed E-state index contributed by atoms with van der Waals surface area (Å²) < 4.78 is 5.94. The average Bonchev–Trinajstić information content (AvgIpc) is 2.88. The summed E-state index contributed by atoms with van der Waals surface area (Å²) in [5, 5.41) is 18.2. The Balaban J connectivity index is 2.21. The number of halogens is 1. The molecule has 0 unspecified atom stereocenters. The van der Waals surface area contributed by atoms with Crippen molar-refractivity contribution < 1.29 is 19.2 Å². The van der Waals surface area contributed by atoms with Crippen LogP contribution < -0.4 is 5.32 Å². The molecule has 2 aromatic rings. The van der Waals surface area contributed by atoms with Gasteiger partial charge in [-0.05, 0) is 25.5 Å². The van der Waals surface area contributed by atoms with Gasteiger partial charge in [0.2, 0.25) is 5.91 Å². The predicted octanol–water partition coefficient (Wildman–Crippen LogP) is 2.48. The molecule has 27 heavy (non-hydrogen) atoms. The Bertz CT molecular complexity index is 880. The lowest BCUT2D eigenvalue weighted by molar-refractivity contribution is -0.386. The number of carbonyl (C=O) groups excluding carboxylic acids is 2. The van der Waals surface area contributed by atoms with E-state index in [2.05, 4.69) is 15.2 Å². The van der Waals surface area contributed by atoms with Crippen molar-refractivity contribution in [2.75, 3.05) is 7.11 Å². The maximum Gasteiger partial charge on any atom is 0.312 e. The van der Waals surface area contributed by atoms with E-state index in [0.717, 1.165) is 0 Å². The van der Waals surface area contributed by atoms with E-state index in [1.54, 1.807) is 24.3 Å². The lowest BCUT2D eigenvalue weighted by atomic mass is 10.0. The highest BCUT2D eigenvalue weighted by molar-refractivity contribution is 6.31. The number of aromatic nitrogens is 2. The van der Waals surface area contributed by atoms with Crippen LogP contribution in [0.25, 0.3) is 0 Å². The average molecular weight is 395 g/mol. The molecule has 0 radical (unpaired) electrons. The summed E-state index contributed by atoms with van der Waals surface area (Å²) in [7, 11) is 1.25. The van der Waals surface area contributed by atoms with E-state index in [-0.39, 0.29) is 30.0 Å². The minimum atomic E-state index is -0.703. The number of hydrogen-bond donors (Lipinski definition) is 1. The van der Waals surface area contributed by atoms with Gasteiger partial charge in [0.25, 0.3) is 0 Å². The van der Waals surface area contributed by atoms with Crippen LogP contribution in [0.1, 0.15) is 29.4 Å². The van der Waals surface area contributed by atoms with Crippen molar-refractivity contribution in [3.05, 3.63) is 56.4 Å². The molecule has 0 aliphatic rings. The Morgan fingerprint density at radius 2 is 2.04 bits per heavy atom. The molecule has 1 heterocycles. The summed E-state index contributed by atoms with van der Waals surface area (Å²) in [6.45, 7) is 2.79. The number of nitro groups is 1. The molecule has 9 nitrogen and oxygen atoms in total. The number of nitrogens with zero attached hydrogens (tertiary/aromatic N) is 3. The highest BCUT2D eigenvalue weighted by Crippen LogP contribution is 2.26. The normalized spacial score (nSPS) is 11.7. The number of nitrogens with one attached hydrogen (secondary N) is 1. The van der Waals surface area contributed by atoms with Crippen LogP contribution in [-0.2, 0) is 20.9 Å². The van der Waals surface area contributed by atoms with Crippen LogP contribution in [0.3, 0.4) is 0 Å². The van der Waals surface area contributed by atoms with Gasteiger partial charge in [-0.1, -0.05) is 29.8 Å². The van der Waals surface area contributed by atoms with E-state index in [1.165, 1.54) is 25.6 Å². The highest BCUT2D eigenvalue weighted by Gasteiger charge is 2.25. The van der Waals surface area contributed by atoms with Crippen LogP contribution >= 0.6 is 11.6 Å². The SMILES string of the molecule is COC(=O)C[C@@H](NC(=O)Cn1nc(C)c([N+](=O)[O-])c1C)c1ccccc1Cl. The van der Waals surface area contributed by atoms with E-state index < -0.39 is 22.8 Å². The number of hydrogen-bond acceptors (Lipinski definition) is 6. The molecule has 1 aromatic carbocycles. The molecule has 1 amide bonds. The number of carbonyl (C=O) groups is 2. The fraction of sp³-hybridized carbons (Fsp3) is 0.353. The summed E-state index contributed by atoms with van der Waals surface area (Å²) in [6, 6.07) is 6.12. The first-order valence-electron chi connectivity index (χ1n) is 8.03. The van der Waals surface area contributed by atoms with Crippen molar-refractivity contribution in [2.24, 2.45) is 0 Å². The van der Waals surface area contributed by atoms with Gasteiger partial charge in [-0.3, -0.25) is 24.4 Å². The molecule has 10 heteroatoms. The van der Waals surface area contributed by atoms with E-state index >= 15 is 0 Å². The van der Waals surface area contributed by atoms with Crippen LogP contribution in [-0.4, -0.2) is 33.7 Å². The third-order valence-electron chi connectivity index (χ3n) is 4.03. The van der Waals surface area contributed by atoms with Crippen molar-refractivity contribution in [1.82, 2.24) is 15.1 Å². The van der Waals surface area contributed by atoms with Gasteiger partial charge in [0, 0.05) is 5.02 Å². The first kappa shape index (κ1) is 20.4. The summed E-state index contributed by atoms with van der Waals surface area (Å²) in [4.78, 5) is 34.7. The zero-order valence-electron chi connectivity index (χ0n) is 15.1. The topological polar surface area (TPSA) is 116 Å². The molecule has 2 rings (SSSR count). The van der Waals surface area contributed by atoms with Crippen molar-refractivity contribution in [1.29, 1.82) is 0 Å². The number of amides is 1. The van der Waals surface area contributed by atoms with Crippen molar-refractivity contribution in [3.8, 4) is 0 Å². The summed E-state index contributed by atoms with van der Waals surface area (Å²) in [5.74, 6) is -0.980. The first-order valence-corrected chi connectivity index (χ1v) is 8.41. The van der Waals surface area contributed by atoms with Crippen LogP contribution in [0.4, 0.5) is 5.69 Å². The number of methoxy groups -OCH3 is 1. The molecule has 1 atom stereocenters. The third-order valence-corrected chi connectivity index (χ3v) is 4.38. The van der Waals surface area contributed by atoms with Gasteiger partial charge in [0.15, 0.2) is 0 Å². The lowest BCUT2D eigenvalue weighted by Gasteiger charge is -2.19. The fourth-order valence-electron chi connectivity index (χ4n) is 2.73. The van der Waals surface area contributed by atoms with Gasteiger partial charge < -0.3 is 10.1 Å². The largest absolute Gasteiger partial charge is 0.469 e. The van der Waals surface area contributed by atoms with Gasteiger partial charge in [0.1, 0.15) is 17.9 Å². The fourth-order valence-corrected chi connectivity index (χ4v) is 3.00. The molecule has 1 aromatic heterocycles. The molecule has 0 aliphatic heterocycles. The molecule has 0 saturated heterocycles. The number of benzene rings is 1. The van der Waals surface area contributed by atoms with E-state index in [4.69, 9.17) is 11.6 Å². The lowest BCUT2D eigenvalue weighted by Crippen LogP contribution is -2.33. The third kappa shape index (κ3) is 4.82. The molecule has 0 bridgehead atoms. The van der Waals surface area contributed by atoms with Crippen molar-refractivity contribution >= 4 is 29.2 Å². The second-order valence-electron chi connectivity index (χ2n) is 5.86. The number of ether oxygens (including phenoxy) is 1. The second kappa shape index (κ2) is 8.63. The summed E-state index contributed by atoms with van der Waals surface area (Å²) in [5.41, 5.74) is 0.940. The highest BCUT2D eigenvalue weighted by atomic mass is 35.5. The molecule has 0 saturated carbocycles. The van der Waals surface area contributed by atoms with Gasteiger partial charge in [-0.2, -0.15) is 5.10 Å². The monoisotopic (exact) mass is 394 g/mol. The Hall–Kier alpha value is -2.94. The minimum Gasteiger partial charge on any atom is -0.469 e. The maximum absolute atomic E-state index is 12.5. The molecular formula is C17H19ClN4O5. The second-order valence-corrected chi connectivity index (χ2v) is 6.26. The molecule has 0 aliphatic carbocycles. The van der Waals surface area contributed by atoms with Crippen LogP contribution in [0.5, 0.6) is 0 Å². The van der Waals surface area contributed by atoms with Crippen LogP contribution in [0.2, 0.25) is 5.02 Å². The van der Waals surface area contributed by atoms with E-state index in [1.807, 2.05) is 0 Å². The van der Waals surface area contributed by atoms with Gasteiger partial charge in [-0.15, -0.1) is 0 Å². The maximum atomic E-state index is 12.5. The Kier molecular flexibility index (Phi) is 6.51. The van der Waals surface area contributed by atoms with Crippen molar-refractivity contribution in [2.45, 2.75) is 32.9 Å². The molecule has 0 fully saturated rings. The summed E-state index contributed by atoms with van der Waals surface area (Å²) in [6.07, 6.45) is -0.108. The van der Waals surface area contributed by atoms with E-state index in [9.17, 15) is 19.7 Å². The van der Waals surface area contributed by atoms with Crippen LogP contribution in [0.15, 0.2) is 24.3 Å². The smallest absolute Gasteiger partial charge is 0.312 e. The molecular weight excluding hydrogens is 376 g/mol. The molecule has 0 spiro atoms. The summed E-state index contributed by atoms with van der Waals surface area (Å²) >= 11 is 6.18. The molecule has 1 N–H and O–H groups in total. The molecule has 144 valence electrons. The van der Waals surface area contributed by atoms with Gasteiger partial charge in [0.05, 0.1) is 24.5 Å². The van der Waals surface area contributed by atoms with E-state index in [0.29, 0.717) is 10.6 Å². The Morgan fingerprint density at radius 1 is 1.37 bits per heavy atom. The predicted molar refractivity (Wildman–Crippen MR) is 97.3 cm³/mol. The van der Waals surface area contributed by atoms with Gasteiger partial charge >= 0.3 is 11.7 Å². The van der Waals surface area contributed by atoms with Crippen molar-refractivity contribution in [3.63, 3.8) is 0 Å². The quantitative estimate of drug-likeness (QED) is 0.438. The zero-order chi connectivity index (χ0) is 20.1. The zero-order valence-corrected chi connectivity index (χ0v) is 15.8. The number of aryl methyl sites for hydroxylation is 1. The Labute approximate surface area is 160 Å². The van der Waals surface area contributed by atoms with Gasteiger partial charge in [-0.25, -0.2) is 0 Å². The van der Waals surface area contributed by atoms with Crippen LogP contribution in [0, 0.1) is 24.0 Å².